The Hall–Kier alpha value is -3.60. The Morgan fingerprint density at radius 1 is 1.23 bits per heavy atom. The lowest BCUT2D eigenvalue weighted by Crippen LogP contribution is -2.42. The monoisotopic (exact) mass is 433 g/mol. The molecule has 30 heavy (non-hydrogen) atoms. The number of carboxylic acids is 2. The number of amides is 1. The highest BCUT2D eigenvalue weighted by atomic mass is 32.1. The van der Waals surface area contributed by atoms with Gasteiger partial charge < -0.3 is 25.0 Å². The average Bonchev–Trinajstić information content (AvgIpc) is 3.28. The maximum absolute atomic E-state index is 12.3. The Bertz CT molecular complexity index is 1100. The summed E-state index contributed by atoms with van der Waals surface area (Å²) in [6.07, 6.45) is 0.914. The summed E-state index contributed by atoms with van der Waals surface area (Å²) in [4.78, 5) is 39.4. The Morgan fingerprint density at radius 2 is 2.00 bits per heavy atom. The second kappa shape index (κ2) is 8.82. The molecule has 0 spiro atoms. The minimum absolute atomic E-state index is 0.131. The molecule has 0 bridgehead atoms. The van der Waals surface area contributed by atoms with Gasteiger partial charge in [0.2, 0.25) is 5.91 Å². The third-order valence-electron chi connectivity index (χ3n) is 4.32. The van der Waals surface area contributed by atoms with E-state index in [1.54, 1.807) is 48.4 Å². The zero-order valence-corrected chi connectivity index (χ0v) is 16.9. The number of carbonyl (C=O) groups excluding carboxylic acids is 1. The van der Waals surface area contributed by atoms with E-state index in [4.69, 9.17) is 19.7 Å². The van der Waals surface area contributed by atoms with Crippen LogP contribution in [0.25, 0.3) is 16.2 Å². The number of nitrogens with zero attached hydrogens (tertiary/aromatic N) is 2. The number of rotatable bonds is 9. The van der Waals surface area contributed by atoms with Crippen molar-refractivity contribution in [3.63, 3.8) is 0 Å². The summed E-state index contributed by atoms with van der Waals surface area (Å²) in [5.41, 5.74) is 1.93. The summed E-state index contributed by atoms with van der Waals surface area (Å²) in [5.74, 6) is -2.07. The lowest BCUT2D eigenvalue weighted by Gasteiger charge is -2.12. The number of carboxylic acid groups (broad SMARTS) is 2. The van der Waals surface area contributed by atoms with Crippen molar-refractivity contribution in [1.29, 1.82) is 0 Å². The van der Waals surface area contributed by atoms with Crippen LogP contribution < -0.4 is 14.8 Å². The highest BCUT2D eigenvalue weighted by Crippen LogP contribution is 2.34. The van der Waals surface area contributed by atoms with Crippen molar-refractivity contribution >= 4 is 34.1 Å². The summed E-state index contributed by atoms with van der Waals surface area (Å²) in [6, 6.07) is 3.83. The van der Waals surface area contributed by atoms with E-state index < -0.39 is 30.3 Å². The molecule has 0 radical (unpaired) electrons. The Kier molecular flexibility index (Phi) is 6.21. The summed E-state index contributed by atoms with van der Waals surface area (Å²) < 4.78 is 12.4. The first-order valence-electron chi connectivity index (χ1n) is 8.74. The maximum Gasteiger partial charge on any atom is 0.326 e. The third kappa shape index (κ3) is 4.51. The summed E-state index contributed by atoms with van der Waals surface area (Å²) >= 11 is 1.32. The zero-order valence-electron chi connectivity index (χ0n) is 16.1. The van der Waals surface area contributed by atoms with Crippen molar-refractivity contribution in [2.24, 2.45) is 0 Å². The van der Waals surface area contributed by atoms with Crippen LogP contribution in [-0.2, 0) is 20.8 Å². The van der Waals surface area contributed by atoms with Crippen LogP contribution in [0.2, 0.25) is 0 Å². The van der Waals surface area contributed by atoms with Gasteiger partial charge in [0, 0.05) is 22.8 Å². The smallest absolute Gasteiger partial charge is 0.326 e. The summed E-state index contributed by atoms with van der Waals surface area (Å²) in [6.45, 7) is 0. The first-order chi connectivity index (χ1) is 14.3. The van der Waals surface area contributed by atoms with Gasteiger partial charge in [-0.1, -0.05) is 0 Å². The van der Waals surface area contributed by atoms with Gasteiger partial charge in [0.25, 0.3) is 0 Å². The van der Waals surface area contributed by atoms with Gasteiger partial charge in [0.1, 0.15) is 17.5 Å². The van der Waals surface area contributed by atoms with Crippen LogP contribution in [0.1, 0.15) is 12.1 Å². The zero-order chi connectivity index (χ0) is 21.8. The van der Waals surface area contributed by atoms with Crippen molar-refractivity contribution in [2.75, 3.05) is 14.2 Å². The molecule has 0 saturated heterocycles. The number of thiazole rings is 1. The number of hydrogen-bond acceptors (Lipinski definition) is 7. The van der Waals surface area contributed by atoms with Crippen molar-refractivity contribution in [2.45, 2.75) is 18.9 Å². The predicted molar refractivity (Wildman–Crippen MR) is 107 cm³/mol. The van der Waals surface area contributed by atoms with E-state index in [-0.39, 0.29) is 6.42 Å². The topological polar surface area (TPSA) is 139 Å². The summed E-state index contributed by atoms with van der Waals surface area (Å²) in [7, 11) is 3.11. The largest absolute Gasteiger partial charge is 0.497 e. The van der Waals surface area contributed by atoms with Crippen molar-refractivity contribution in [3.8, 4) is 22.8 Å². The van der Waals surface area contributed by atoms with Gasteiger partial charge in [-0.15, -0.1) is 11.3 Å². The number of fused-ring (bicyclic) bond motifs is 1. The number of hydrogen-bond donors (Lipinski definition) is 3. The van der Waals surface area contributed by atoms with Gasteiger partial charge in [-0.3, -0.25) is 14.0 Å². The fourth-order valence-electron chi connectivity index (χ4n) is 2.89. The Morgan fingerprint density at radius 3 is 2.63 bits per heavy atom. The van der Waals surface area contributed by atoms with Crippen molar-refractivity contribution in [3.05, 3.63) is 35.5 Å². The van der Waals surface area contributed by atoms with E-state index in [2.05, 4.69) is 10.3 Å². The van der Waals surface area contributed by atoms with Gasteiger partial charge in [0.05, 0.1) is 32.8 Å². The number of aromatic nitrogens is 2. The molecule has 1 unspecified atom stereocenters. The number of benzene rings is 1. The SMILES string of the molecule is COc1ccc(OC)c(-c2cn3c(CC(=O)NC(CC(=O)O)C(=O)O)csc3n2)c1. The minimum atomic E-state index is -1.50. The number of imidazole rings is 1. The van der Waals surface area contributed by atoms with Gasteiger partial charge in [0.15, 0.2) is 4.96 Å². The van der Waals surface area contributed by atoms with E-state index >= 15 is 0 Å². The molecule has 11 heteroatoms. The average molecular weight is 433 g/mol. The molecule has 3 N–H and O–H groups in total. The van der Waals surface area contributed by atoms with Crippen LogP contribution in [0, 0.1) is 0 Å². The third-order valence-corrected chi connectivity index (χ3v) is 5.21. The lowest BCUT2D eigenvalue weighted by molar-refractivity contribution is -0.147. The first-order valence-corrected chi connectivity index (χ1v) is 9.62. The highest BCUT2D eigenvalue weighted by molar-refractivity contribution is 7.15. The Balaban J connectivity index is 1.85. The normalized spacial score (nSPS) is 11.8. The lowest BCUT2D eigenvalue weighted by atomic mass is 10.1. The van der Waals surface area contributed by atoms with E-state index in [1.165, 1.54) is 11.3 Å². The molecular weight excluding hydrogens is 414 g/mol. The molecule has 3 aromatic rings. The van der Waals surface area contributed by atoms with E-state index in [0.29, 0.717) is 27.8 Å². The van der Waals surface area contributed by atoms with Crippen LogP contribution in [0.4, 0.5) is 0 Å². The van der Waals surface area contributed by atoms with Crippen LogP contribution in [0.15, 0.2) is 29.8 Å². The standard InChI is InChI=1S/C19H19N3O7S/c1-28-11-3-4-15(29-2)12(6-11)14-8-22-10(9-30-19(22)21-14)5-16(23)20-13(18(26)27)7-17(24)25/h3-4,6,8-9,13H,5,7H2,1-2H3,(H,20,23)(H,24,25)(H,26,27). The van der Waals surface area contributed by atoms with E-state index in [1.807, 2.05) is 0 Å². The van der Waals surface area contributed by atoms with Crippen LogP contribution >= 0.6 is 11.3 Å². The number of aliphatic carboxylic acids is 2. The second-order valence-corrected chi connectivity index (χ2v) is 7.14. The van der Waals surface area contributed by atoms with E-state index in [9.17, 15) is 14.4 Å². The molecule has 10 nitrogen and oxygen atoms in total. The maximum atomic E-state index is 12.3. The number of carbonyl (C=O) groups is 3. The quantitative estimate of drug-likeness (QED) is 0.463. The molecule has 3 rings (SSSR count). The molecule has 158 valence electrons. The minimum Gasteiger partial charge on any atom is -0.497 e. The molecule has 0 aliphatic carbocycles. The number of nitrogens with one attached hydrogen (secondary N) is 1. The molecule has 0 aliphatic heterocycles. The molecule has 0 saturated carbocycles. The van der Waals surface area contributed by atoms with Gasteiger partial charge in [-0.25, -0.2) is 9.78 Å². The van der Waals surface area contributed by atoms with Gasteiger partial charge >= 0.3 is 11.9 Å². The fraction of sp³-hybridized carbons (Fsp3) is 0.263. The second-order valence-electron chi connectivity index (χ2n) is 6.30. The first kappa shape index (κ1) is 21.1. The molecule has 2 aromatic heterocycles. The molecule has 2 heterocycles. The molecule has 1 amide bonds. The van der Waals surface area contributed by atoms with Crippen LogP contribution in [-0.4, -0.2) is 57.7 Å². The van der Waals surface area contributed by atoms with Crippen molar-refractivity contribution < 1.29 is 34.1 Å². The molecule has 1 atom stereocenters. The summed E-state index contributed by atoms with van der Waals surface area (Å²) in [5, 5.41) is 21.8. The fourth-order valence-corrected chi connectivity index (χ4v) is 3.76. The predicted octanol–water partition coefficient (Wildman–Crippen LogP) is 1.67. The number of ether oxygens (including phenoxy) is 2. The molecule has 0 fully saturated rings. The van der Waals surface area contributed by atoms with E-state index in [0.717, 1.165) is 5.56 Å². The van der Waals surface area contributed by atoms with Crippen molar-refractivity contribution in [1.82, 2.24) is 14.7 Å². The van der Waals surface area contributed by atoms with Gasteiger partial charge in [-0.05, 0) is 18.2 Å². The van der Waals surface area contributed by atoms with Gasteiger partial charge in [-0.2, -0.15) is 0 Å². The molecule has 1 aromatic carbocycles. The number of methoxy groups -OCH3 is 2. The van der Waals surface area contributed by atoms with Crippen LogP contribution in [0.5, 0.6) is 11.5 Å². The molecule has 0 aliphatic rings. The molecular formula is C19H19N3O7S. The van der Waals surface area contributed by atoms with Crippen LogP contribution in [0.3, 0.4) is 0 Å². The highest BCUT2D eigenvalue weighted by Gasteiger charge is 2.24. The Labute approximate surface area is 174 Å².